The minimum Gasteiger partial charge on any atom is -0.334 e. The maximum atomic E-state index is 6.27. The van der Waals surface area contributed by atoms with Crippen LogP contribution in [0.15, 0.2) is 59.1 Å². The molecule has 3 aromatic rings. The fourth-order valence-corrected chi connectivity index (χ4v) is 4.99. The molecule has 1 aliphatic rings. The Morgan fingerprint density at radius 2 is 1.74 bits per heavy atom. The second-order valence-corrected chi connectivity index (χ2v) is 9.20. The van der Waals surface area contributed by atoms with Crippen molar-refractivity contribution in [1.29, 1.82) is 0 Å². The summed E-state index contributed by atoms with van der Waals surface area (Å²) in [7, 11) is 4.37. The van der Waals surface area contributed by atoms with Gasteiger partial charge in [0.25, 0.3) is 5.89 Å². The average molecular weight is 456 g/mol. The summed E-state index contributed by atoms with van der Waals surface area (Å²) >= 11 is 12.4. The quantitative estimate of drug-likeness (QED) is 0.395. The second kappa shape index (κ2) is 9.99. The first kappa shape index (κ1) is 22.1. The first-order valence-corrected chi connectivity index (χ1v) is 11.5. The standard InChI is InChI=1S/C25H27Cl2N3O/c1-30(2)24(18-7-4-3-5-8-18)19-14-11-17(12-15-19)13-16-22-28-25(29-31-22)20-9-6-10-21(26)23(20)27/h3-10,13,16-17,19,24H,11-12,14-15H2,1-2H3. The van der Waals surface area contributed by atoms with Crippen LogP contribution in [0.2, 0.25) is 10.0 Å². The van der Waals surface area contributed by atoms with Crippen LogP contribution < -0.4 is 0 Å². The zero-order valence-corrected chi connectivity index (χ0v) is 19.4. The van der Waals surface area contributed by atoms with Crippen LogP contribution in [0.4, 0.5) is 0 Å². The molecule has 0 saturated heterocycles. The molecule has 4 nitrogen and oxygen atoms in total. The van der Waals surface area contributed by atoms with Crippen molar-refractivity contribution in [2.45, 2.75) is 31.7 Å². The van der Waals surface area contributed by atoms with Crippen LogP contribution >= 0.6 is 23.2 Å². The number of benzene rings is 2. The minimum atomic E-state index is 0.438. The molecule has 0 spiro atoms. The van der Waals surface area contributed by atoms with Gasteiger partial charge in [0.05, 0.1) is 10.0 Å². The Hall–Kier alpha value is -2.14. The number of rotatable bonds is 6. The van der Waals surface area contributed by atoms with Gasteiger partial charge in [-0.25, -0.2) is 0 Å². The zero-order chi connectivity index (χ0) is 21.8. The Bertz CT molecular complexity index is 1020. The fourth-order valence-electron chi connectivity index (χ4n) is 4.60. The predicted molar refractivity (Wildman–Crippen MR) is 127 cm³/mol. The molecular weight excluding hydrogens is 429 g/mol. The number of aromatic nitrogens is 2. The van der Waals surface area contributed by atoms with E-state index in [1.54, 1.807) is 6.07 Å². The lowest BCUT2D eigenvalue weighted by molar-refractivity contribution is 0.159. The molecule has 1 saturated carbocycles. The molecule has 0 radical (unpaired) electrons. The lowest BCUT2D eigenvalue weighted by atomic mass is 9.76. The molecule has 4 rings (SSSR count). The van der Waals surface area contributed by atoms with Crippen molar-refractivity contribution in [3.8, 4) is 11.4 Å². The molecule has 6 heteroatoms. The van der Waals surface area contributed by atoms with E-state index in [4.69, 9.17) is 27.7 Å². The SMILES string of the molecule is CN(C)C(c1ccccc1)C1CCC(C=Cc2nc(-c3cccc(Cl)c3Cl)no2)CC1. The van der Waals surface area contributed by atoms with Crippen molar-refractivity contribution in [2.75, 3.05) is 14.1 Å². The summed E-state index contributed by atoms with van der Waals surface area (Å²) in [6.07, 6.45) is 8.89. The van der Waals surface area contributed by atoms with Crippen molar-refractivity contribution in [3.05, 3.63) is 76.1 Å². The van der Waals surface area contributed by atoms with Gasteiger partial charge in [-0.1, -0.05) is 70.8 Å². The number of hydrogen-bond donors (Lipinski definition) is 0. The van der Waals surface area contributed by atoms with E-state index in [1.165, 1.54) is 31.2 Å². The van der Waals surface area contributed by atoms with Gasteiger partial charge in [0.2, 0.25) is 5.82 Å². The van der Waals surface area contributed by atoms with Crippen LogP contribution in [-0.2, 0) is 0 Å². The molecule has 0 amide bonds. The highest BCUT2D eigenvalue weighted by molar-refractivity contribution is 6.43. The Morgan fingerprint density at radius 3 is 2.45 bits per heavy atom. The predicted octanol–water partition coefficient (Wildman–Crippen LogP) is 7.17. The zero-order valence-electron chi connectivity index (χ0n) is 17.8. The van der Waals surface area contributed by atoms with Crippen molar-refractivity contribution in [3.63, 3.8) is 0 Å². The van der Waals surface area contributed by atoms with Gasteiger partial charge in [0.15, 0.2) is 0 Å². The number of nitrogens with zero attached hydrogens (tertiary/aromatic N) is 3. The van der Waals surface area contributed by atoms with Gasteiger partial charge in [0, 0.05) is 11.6 Å². The van der Waals surface area contributed by atoms with Gasteiger partial charge >= 0.3 is 0 Å². The summed E-state index contributed by atoms with van der Waals surface area (Å²) in [4.78, 5) is 6.82. The largest absolute Gasteiger partial charge is 0.334 e. The third-order valence-corrected chi connectivity index (χ3v) is 6.92. The molecule has 1 aliphatic carbocycles. The van der Waals surface area contributed by atoms with Crippen molar-refractivity contribution in [2.24, 2.45) is 11.8 Å². The van der Waals surface area contributed by atoms with E-state index in [1.807, 2.05) is 18.2 Å². The van der Waals surface area contributed by atoms with Gasteiger partial charge < -0.3 is 9.42 Å². The van der Waals surface area contributed by atoms with E-state index < -0.39 is 0 Å². The van der Waals surface area contributed by atoms with E-state index in [0.717, 1.165) is 0 Å². The summed E-state index contributed by atoms with van der Waals surface area (Å²) in [5.41, 5.74) is 2.08. The molecule has 0 bridgehead atoms. The first-order chi connectivity index (χ1) is 15.0. The Labute approximate surface area is 193 Å². The summed E-state index contributed by atoms with van der Waals surface area (Å²) in [6.45, 7) is 0. The highest BCUT2D eigenvalue weighted by atomic mass is 35.5. The molecule has 1 heterocycles. The fraction of sp³-hybridized carbons (Fsp3) is 0.360. The van der Waals surface area contributed by atoms with Gasteiger partial charge in [-0.2, -0.15) is 4.98 Å². The normalized spacial score (nSPS) is 20.4. The highest BCUT2D eigenvalue weighted by Gasteiger charge is 2.29. The smallest absolute Gasteiger partial charge is 0.250 e. The molecule has 1 fully saturated rings. The summed E-state index contributed by atoms with van der Waals surface area (Å²) < 4.78 is 5.40. The monoisotopic (exact) mass is 455 g/mol. The van der Waals surface area contributed by atoms with Crippen molar-refractivity contribution in [1.82, 2.24) is 15.0 Å². The number of hydrogen-bond acceptors (Lipinski definition) is 4. The third kappa shape index (κ3) is 5.20. The highest BCUT2D eigenvalue weighted by Crippen LogP contribution is 2.40. The third-order valence-electron chi connectivity index (χ3n) is 6.11. The van der Waals surface area contributed by atoms with Gasteiger partial charge in [-0.05, 0) is 75.4 Å². The van der Waals surface area contributed by atoms with Crippen molar-refractivity contribution < 1.29 is 4.52 Å². The van der Waals surface area contributed by atoms with E-state index in [2.05, 4.69) is 65.5 Å². The van der Waals surface area contributed by atoms with Crippen LogP contribution in [0, 0.1) is 11.8 Å². The van der Waals surface area contributed by atoms with Gasteiger partial charge in [-0.15, -0.1) is 0 Å². The maximum Gasteiger partial charge on any atom is 0.250 e. The summed E-state index contributed by atoms with van der Waals surface area (Å²) in [5, 5.41) is 4.97. The number of halogens is 2. The minimum absolute atomic E-state index is 0.438. The molecule has 2 aromatic carbocycles. The Morgan fingerprint density at radius 1 is 1.00 bits per heavy atom. The maximum absolute atomic E-state index is 6.27. The van der Waals surface area contributed by atoms with Crippen LogP contribution in [-0.4, -0.2) is 29.1 Å². The molecule has 1 unspecified atom stereocenters. The van der Waals surface area contributed by atoms with Crippen LogP contribution in [0.1, 0.15) is 43.2 Å². The van der Waals surface area contributed by atoms with Crippen molar-refractivity contribution >= 4 is 29.3 Å². The summed E-state index contributed by atoms with van der Waals surface area (Å²) in [5.74, 6) is 2.14. The molecule has 162 valence electrons. The van der Waals surface area contributed by atoms with Gasteiger partial charge in [0.1, 0.15) is 0 Å². The Kier molecular flexibility index (Phi) is 7.11. The first-order valence-electron chi connectivity index (χ1n) is 10.7. The Balaban J connectivity index is 1.38. The van der Waals surface area contributed by atoms with E-state index in [-0.39, 0.29) is 0 Å². The molecule has 0 aliphatic heterocycles. The second-order valence-electron chi connectivity index (χ2n) is 8.41. The van der Waals surface area contributed by atoms with E-state index >= 15 is 0 Å². The van der Waals surface area contributed by atoms with E-state index in [0.29, 0.717) is 45.2 Å². The van der Waals surface area contributed by atoms with Crippen LogP contribution in [0.25, 0.3) is 17.5 Å². The molecule has 1 aromatic heterocycles. The molecule has 0 N–H and O–H groups in total. The van der Waals surface area contributed by atoms with E-state index in [9.17, 15) is 0 Å². The van der Waals surface area contributed by atoms with Gasteiger partial charge in [-0.3, -0.25) is 0 Å². The molecule has 31 heavy (non-hydrogen) atoms. The van der Waals surface area contributed by atoms with Crippen LogP contribution in [0.5, 0.6) is 0 Å². The number of allylic oxidation sites excluding steroid dienone is 1. The molecular formula is C25H27Cl2N3O. The topological polar surface area (TPSA) is 42.2 Å². The average Bonchev–Trinajstić information content (AvgIpc) is 3.24. The lowest BCUT2D eigenvalue weighted by Crippen LogP contribution is -2.30. The molecule has 1 atom stereocenters. The lowest BCUT2D eigenvalue weighted by Gasteiger charge is -2.37. The van der Waals surface area contributed by atoms with Crippen LogP contribution in [0.3, 0.4) is 0 Å². The summed E-state index contributed by atoms with van der Waals surface area (Å²) in [6, 6.07) is 16.7.